The summed E-state index contributed by atoms with van der Waals surface area (Å²) in [5.41, 5.74) is 13.9. The molecular formula is C31H33NO3. The van der Waals surface area contributed by atoms with Crippen LogP contribution in [0.5, 0.6) is 11.5 Å². The summed E-state index contributed by atoms with van der Waals surface area (Å²) in [7, 11) is 0. The molecule has 4 heteroatoms. The van der Waals surface area contributed by atoms with Crippen molar-refractivity contribution in [2.75, 3.05) is 0 Å². The van der Waals surface area contributed by atoms with E-state index in [1.165, 1.54) is 17.2 Å². The Bertz CT molecular complexity index is 1250. The largest absolute Gasteiger partial charge is 0.507 e. The van der Waals surface area contributed by atoms with Gasteiger partial charge in [0.1, 0.15) is 11.5 Å². The molecule has 0 heterocycles. The van der Waals surface area contributed by atoms with E-state index in [0.717, 1.165) is 47.1 Å². The first-order chi connectivity index (χ1) is 16.8. The fourth-order valence-electron chi connectivity index (χ4n) is 4.55. The van der Waals surface area contributed by atoms with E-state index in [1.807, 2.05) is 81.4 Å². The molecule has 1 fully saturated rings. The van der Waals surface area contributed by atoms with Crippen molar-refractivity contribution < 1.29 is 14.6 Å². The Labute approximate surface area is 207 Å². The average Bonchev–Trinajstić information content (AvgIpc) is 3.32. The number of phenols is 1. The Hall–Kier alpha value is -3.63. The number of allylic oxidation sites excluding steroid dienone is 1. The molecule has 4 rings (SSSR count). The lowest BCUT2D eigenvalue weighted by Gasteiger charge is -2.21. The zero-order chi connectivity index (χ0) is 24.9. The highest BCUT2D eigenvalue weighted by atomic mass is 16.5. The van der Waals surface area contributed by atoms with Crippen LogP contribution in [-0.2, 0) is 4.79 Å². The van der Waals surface area contributed by atoms with Crippen molar-refractivity contribution in [2.45, 2.75) is 46.1 Å². The number of rotatable bonds is 6. The maximum absolute atomic E-state index is 12.1. The highest BCUT2D eigenvalue weighted by Crippen LogP contribution is 2.41. The zero-order valence-electron chi connectivity index (χ0n) is 20.6. The summed E-state index contributed by atoms with van der Waals surface area (Å²) in [6.45, 7) is 5.95. The van der Waals surface area contributed by atoms with Crippen LogP contribution in [0.1, 0.15) is 58.7 Å². The fraction of sp³-hybridized carbons (Fsp3) is 0.258. The molecule has 0 radical (unpaired) electrons. The number of hydrogen-bond acceptors (Lipinski definition) is 4. The molecule has 0 bridgehead atoms. The molecule has 2 atom stereocenters. The molecule has 180 valence electrons. The van der Waals surface area contributed by atoms with Gasteiger partial charge in [-0.2, -0.15) is 0 Å². The lowest BCUT2D eigenvalue weighted by atomic mass is 9.89. The van der Waals surface area contributed by atoms with Gasteiger partial charge >= 0.3 is 5.97 Å². The van der Waals surface area contributed by atoms with Gasteiger partial charge in [-0.3, -0.25) is 0 Å². The molecule has 2 unspecified atom stereocenters. The number of carbonyl (C=O) groups excluding carboxylic acids is 1. The van der Waals surface area contributed by atoms with Crippen molar-refractivity contribution in [2.24, 2.45) is 11.7 Å². The number of esters is 1. The van der Waals surface area contributed by atoms with Gasteiger partial charge in [0.2, 0.25) is 0 Å². The Morgan fingerprint density at radius 1 is 1.00 bits per heavy atom. The Morgan fingerprint density at radius 3 is 2.40 bits per heavy atom. The predicted octanol–water partition coefficient (Wildman–Crippen LogP) is 6.82. The normalized spacial score (nSPS) is 17.7. The third kappa shape index (κ3) is 6.09. The van der Waals surface area contributed by atoms with Gasteiger partial charge in [-0.05, 0) is 86.4 Å². The molecule has 0 saturated heterocycles. The minimum atomic E-state index is -0.404. The quantitative estimate of drug-likeness (QED) is 0.237. The first-order valence-electron chi connectivity index (χ1n) is 12.1. The second-order valence-electron chi connectivity index (χ2n) is 9.51. The highest BCUT2D eigenvalue weighted by molar-refractivity contribution is 5.88. The van der Waals surface area contributed by atoms with Crippen molar-refractivity contribution in [3.8, 4) is 11.5 Å². The summed E-state index contributed by atoms with van der Waals surface area (Å²) in [5.74, 6) is 0.740. The predicted molar refractivity (Wildman–Crippen MR) is 142 cm³/mol. The topological polar surface area (TPSA) is 72.5 Å². The fourth-order valence-corrected chi connectivity index (χ4v) is 4.55. The van der Waals surface area contributed by atoms with Gasteiger partial charge in [0, 0.05) is 17.7 Å². The van der Waals surface area contributed by atoms with Crippen LogP contribution in [0.3, 0.4) is 0 Å². The lowest BCUT2D eigenvalue weighted by molar-refractivity contribution is -0.128. The average molecular weight is 468 g/mol. The summed E-state index contributed by atoms with van der Waals surface area (Å²) < 4.78 is 5.42. The lowest BCUT2D eigenvalue weighted by Crippen LogP contribution is -2.19. The SMILES string of the molecule is Cc1ccc(/C=C/C(=O)Oc2ccc(/C=C3\CCC(C(N)c4ccc(C)c(C)c4O)C3)cc2)cc1. The van der Waals surface area contributed by atoms with Crippen LogP contribution in [0.15, 0.2) is 72.3 Å². The molecule has 1 aliphatic rings. The number of nitrogens with two attached hydrogens (primary N) is 1. The summed E-state index contributed by atoms with van der Waals surface area (Å²) in [4.78, 5) is 12.1. The summed E-state index contributed by atoms with van der Waals surface area (Å²) in [5, 5.41) is 10.6. The Morgan fingerprint density at radius 2 is 1.69 bits per heavy atom. The van der Waals surface area contributed by atoms with Crippen LogP contribution in [0.4, 0.5) is 0 Å². The van der Waals surface area contributed by atoms with Crippen LogP contribution < -0.4 is 10.5 Å². The van der Waals surface area contributed by atoms with E-state index in [4.69, 9.17) is 10.5 Å². The third-order valence-corrected chi connectivity index (χ3v) is 6.92. The molecule has 0 aromatic heterocycles. The second-order valence-corrected chi connectivity index (χ2v) is 9.51. The number of aromatic hydroxyl groups is 1. The van der Waals surface area contributed by atoms with Crippen LogP contribution in [0.25, 0.3) is 12.2 Å². The number of benzene rings is 3. The molecule has 1 saturated carbocycles. The van der Waals surface area contributed by atoms with Crippen molar-refractivity contribution >= 4 is 18.1 Å². The Balaban J connectivity index is 1.34. The van der Waals surface area contributed by atoms with E-state index in [0.29, 0.717) is 17.4 Å². The number of phenolic OH excluding ortho intramolecular Hbond substituents is 1. The summed E-state index contributed by atoms with van der Waals surface area (Å²) in [6.07, 6.45) is 8.28. The maximum atomic E-state index is 12.1. The van der Waals surface area contributed by atoms with Gasteiger partial charge in [-0.15, -0.1) is 0 Å². The van der Waals surface area contributed by atoms with Crippen molar-refractivity contribution in [3.63, 3.8) is 0 Å². The zero-order valence-corrected chi connectivity index (χ0v) is 20.6. The van der Waals surface area contributed by atoms with E-state index in [-0.39, 0.29) is 6.04 Å². The Kier molecular flexibility index (Phi) is 7.52. The van der Waals surface area contributed by atoms with Gasteiger partial charge in [0.15, 0.2) is 0 Å². The number of aryl methyl sites for hydroxylation is 2. The van der Waals surface area contributed by atoms with E-state index >= 15 is 0 Å². The third-order valence-electron chi connectivity index (χ3n) is 6.92. The van der Waals surface area contributed by atoms with Crippen LogP contribution in [0.2, 0.25) is 0 Å². The van der Waals surface area contributed by atoms with E-state index in [1.54, 1.807) is 6.08 Å². The molecule has 1 aliphatic carbocycles. The van der Waals surface area contributed by atoms with Gasteiger partial charge in [0.05, 0.1) is 0 Å². The molecule has 3 N–H and O–H groups in total. The first kappa shape index (κ1) is 24.5. The summed E-state index contributed by atoms with van der Waals surface area (Å²) in [6, 6.07) is 19.3. The van der Waals surface area contributed by atoms with Crippen molar-refractivity contribution in [3.05, 3.63) is 106 Å². The van der Waals surface area contributed by atoms with Gasteiger partial charge in [-0.25, -0.2) is 4.79 Å². The molecule has 0 amide bonds. The number of ether oxygens (including phenoxy) is 1. The van der Waals surface area contributed by atoms with Gasteiger partial charge in [-0.1, -0.05) is 65.7 Å². The molecule has 0 spiro atoms. The highest BCUT2D eigenvalue weighted by Gasteiger charge is 2.28. The molecular weight excluding hydrogens is 434 g/mol. The smallest absolute Gasteiger partial charge is 0.336 e. The van der Waals surface area contributed by atoms with Crippen molar-refractivity contribution in [1.29, 1.82) is 0 Å². The van der Waals surface area contributed by atoms with Gasteiger partial charge < -0.3 is 15.6 Å². The second kappa shape index (κ2) is 10.7. The van der Waals surface area contributed by atoms with E-state index in [2.05, 4.69) is 6.08 Å². The van der Waals surface area contributed by atoms with Crippen LogP contribution in [-0.4, -0.2) is 11.1 Å². The first-order valence-corrected chi connectivity index (χ1v) is 12.1. The number of carbonyl (C=O) groups is 1. The van der Waals surface area contributed by atoms with Gasteiger partial charge in [0.25, 0.3) is 0 Å². The standard InChI is InChI=1S/C31H33NO3/c1-20-4-7-23(8-5-20)12-17-29(33)35-27-14-10-24(11-15-27)18-25-9-13-26(19-25)30(32)28-16-6-21(2)22(3)31(28)34/h4-8,10-12,14-18,26,30,34H,9,13,19,32H2,1-3H3/b17-12+,25-18+. The van der Waals surface area contributed by atoms with E-state index < -0.39 is 5.97 Å². The molecule has 3 aromatic rings. The molecule has 0 aliphatic heterocycles. The monoisotopic (exact) mass is 467 g/mol. The number of hydrogen-bond donors (Lipinski definition) is 2. The molecule has 4 nitrogen and oxygen atoms in total. The minimum absolute atomic E-state index is 0.185. The maximum Gasteiger partial charge on any atom is 0.336 e. The van der Waals surface area contributed by atoms with E-state index in [9.17, 15) is 9.90 Å². The van der Waals surface area contributed by atoms with Crippen LogP contribution in [0, 0.1) is 26.7 Å². The molecule has 3 aromatic carbocycles. The minimum Gasteiger partial charge on any atom is -0.507 e. The van der Waals surface area contributed by atoms with Crippen LogP contribution >= 0.6 is 0 Å². The molecule has 35 heavy (non-hydrogen) atoms. The summed E-state index contributed by atoms with van der Waals surface area (Å²) >= 11 is 0. The van der Waals surface area contributed by atoms with Crippen molar-refractivity contribution in [1.82, 2.24) is 0 Å².